The average Bonchev–Trinajstić information content (AvgIpc) is 3.75. The second kappa shape index (κ2) is 9.32. The Balaban J connectivity index is 1.37. The summed E-state index contributed by atoms with van der Waals surface area (Å²) in [6.07, 6.45) is 3.53. The first-order chi connectivity index (χ1) is 18.5. The molecule has 2 fully saturated rings. The zero-order chi connectivity index (χ0) is 27.6. The van der Waals surface area contributed by atoms with Crippen LogP contribution in [0.4, 0.5) is 31.9 Å². The van der Waals surface area contributed by atoms with Gasteiger partial charge in [0, 0.05) is 43.0 Å². The highest BCUT2D eigenvalue weighted by atomic mass is 35.5. The number of nitrogens with one attached hydrogen (secondary N) is 2. The van der Waals surface area contributed by atoms with E-state index in [0.717, 1.165) is 12.8 Å². The van der Waals surface area contributed by atoms with E-state index in [1.54, 1.807) is 24.1 Å². The summed E-state index contributed by atoms with van der Waals surface area (Å²) >= 11 is 6.42. The molecule has 0 radical (unpaired) electrons. The highest BCUT2D eigenvalue weighted by Gasteiger charge is 2.47. The van der Waals surface area contributed by atoms with Crippen molar-refractivity contribution in [1.29, 1.82) is 0 Å². The Bertz CT molecular complexity index is 1530. The fourth-order valence-corrected chi connectivity index (χ4v) is 5.68. The molecule has 6 rings (SSSR count). The first-order valence-electron chi connectivity index (χ1n) is 13.1. The van der Waals surface area contributed by atoms with Gasteiger partial charge in [0.1, 0.15) is 17.2 Å². The van der Waals surface area contributed by atoms with Gasteiger partial charge in [-0.2, -0.15) is 4.98 Å². The van der Waals surface area contributed by atoms with E-state index in [9.17, 15) is 18.4 Å². The van der Waals surface area contributed by atoms with Gasteiger partial charge in [-0.05, 0) is 37.0 Å². The minimum atomic E-state index is -2.76. The fourth-order valence-electron chi connectivity index (χ4n) is 5.54. The van der Waals surface area contributed by atoms with Gasteiger partial charge in [0.15, 0.2) is 5.82 Å². The summed E-state index contributed by atoms with van der Waals surface area (Å²) in [5.41, 5.74) is 1.28. The van der Waals surface area contributed by atoms with Crippen LogP contribution >= 0.6 is 11.6 Å². The molecule has 206 valence electrons. The number of aryl methyl sites for hydroxylation is 1. The molecule has 0 bridgehead atoms. The molecule has 9 nitrogen and oxygen atoms in total. The topological polar surface area (TPSA) is 101 Å². The number of esters is 1. The van der Waals surface area contributed by atoms with Gasteiger partial charge in [-0.25, -0.2) is 18.6 Å². The predicted octanol–water partition coefficient (Wildman–Crippen LogP) is 4.81. The van der Waals surface area contributed by atoms with Crippen LogP contribution in [0.5, 0.6) is 0 Å². The number of rotatable bonds is 4. The van der Waals surface area contributed by atoms with Gasteiger partial charge in [0.25, 0.3) is 11.5 Å². The molecule has 1 aromatic carbocycles. The van der Waals surface area contributed by atoms with Gasteiger partial charge in [0.05, 0.1) is 23.4 Å². The third-order valence-electron chi connectivity index (χ3n) is 8.09. The lowest BCUT2D eigenvalue weighted by molar-refractivity contribution is -0.105. The van der Waals surface area contributed by atoms with Crippen LogP contribution in [-0.4, -0.2) is 52.2 Å². The van der Waals surface area contributed by atoms with Crippen LogP contribution in [-0.2, 0) is 11.8 Å². The predicted molar refractivity (Wildman–Crippen MR) is 145 cm³/mol. The van der Waals surface area contributed by atoms with Crippen LogP contribution in [0.1, 0.15) is 37.0 Å². The summed E-state index contributed by atoms with van der Waals surface area (Å²) < 4.78 is 35.6. The lowest BCUT2D eigenvalue weighted by atomic mass is 9.87. The number of benzene rings is 1. The van der Waals surface area contributed by atoms with E-state index >= 15 is 0 Å². The van der Waals surface area contributed by atoms with E-state index in [4.69, 9.17) is 16.3 Å². The number of alkyl halides is 2. The Morgan fingerprint density at radius 1 is 1.18 bits per heavy atom. The first kappa shape index (κ1) is 25.8. The van der Waals surface area contributed by atoms with Gasteiger partial charge < -0.3 is 24.8 Å². The SMILES string of the molecule is CC1CN(c2ncc(Cl)c(Nc3ccc4c(c3)c3c(c(=O)n4C)C(=O)OC[C@H](C4CC4)N3)n2)CC(C)C1(F)F. The average molecular weight is 559 g/mol. The Morgan fingerprint density at radius 3 is 2.59 bits per heavy atom. The molecule has 3 aromatic rings. The molecule has 3 aliphatic rings. The van der Waals surface area contributed by atoms with Crippen LogP contribution in [0, 0.1) is 17.8 Å². The van der Waals surface area contributed by atoms with Crippen molar-refractivity contribution in [3.63, 3.8) is 0 Å². The van der Waals surface area contributed by atoms with E-state index in [1.165, 1.54) is 24.6 Å². The van der Waals surface area contributed by atoms with Crippen molar-refractivity contribution in [3.05, 3.63) is 45.3 Å². The molecule has 2 aliphatic heterocycles. The van der Waals surface area contributed by atoms with Crippen LogP contribution in [0.3, 0.4) is 0 Å². The number of nitrogens with zero attached hydrogens (tertiary/aromatic N) is 4. The molecule has 3 atom stereocenters. The lowest BCUT2D eigenvalue weighted by Crippen LogP contribution is -2.52. The normalized spacial score (nSPS) is 24.5. The van der Waals surface area contributed by atoms with Crippen molar-refractivity contribution in [2.45, 2.75) is 38.7 Å². The molecule has 39 heavy (non-hydrogen) atoms. The van der Waals surface area contributed by atoms with Gasteiger partial charge in [-0.1, -0.05) is 25.4 Å². The van der Waals surface area contributed by atoms with E-state index in [1.807, 2.05) is 6.07 Å². The summed E-state index contributed by atoms with van der Waals surface area (Å²) in [5.74, 6) is -4.08. The van der Waals surface area contributed by atoms with Crippen molar-refractivity contribution in [1.82, 2.24) is 14.5 Å². The number of cyclic esters (lactones) is 1. The number of carbonyl (C=O) groups is 1. The van der Waals surface area contributed by atoms with Gasteiger partial charge in [-0.3, -0.25) is 4.79 Å². The van der Waals surface area contributed by atoms with E-state index in [2.05, 4.69) is 20.6 Å². The van der Waals surface area contributed by atoms with Crippen molar-refractivity contribution < 1.29 is 18.3 Å². The molecule has 1 aliphatic carbocycles. The first-order valence-corrected chi connectivity index (χ1v) is 13.4. The van der Waals surface area contributed by atoms with Crippen LogP contribution < -0.4 is 21.1 Å². The number of pyridine rings is 1. The number of ether oxygens (including phenoxy) is 1. The van der Waals surface area contributed by atoms with Gasteiger partial charge >= 0.3 is 5.97 Å². The van der Waals surface area contributed by atoms with Crippen LogP contribution in [0.25, 0.3) is 10.9 Å². The number of hydrogen-bond donors (Lipinski definition) is 2. The monoisotopic (exact) mass is 558 g/mol. The molecule has 0 spiro atoms. The summed E-state index contributed by atoms with van der Waals surface area (Å²) in [4.78, 5) is 36.5. The van der Waals surface area contributed by atoms with E-state index in [0.29, 0.717) is 40.0 Å². The molecule has 1 saturated carbocycles. The van der Waals surface area contributed by atoms with Crippen molar-refractivity contribution in [3.8, 4) is 0 Å². The standard InChI is InChI=1S/C27H29ClF2N6O3/c1-13-10-36(11-14(2)27(13,29)30)26-31-9-18(28)23(34-26)32-16-6-7-20-17(8-16)22-21(24(37)35(20)3)25(38)39-12-19(33-22)15-4-5-15/h6-9,13-15,19,33H,4-5,10-12H2,1-3H3,(H,31,32,34)/t13?,14?,19-/m1/s1. The molecule has 2 aromatic heterocycles. The molecule has 1 saturated heterocycles. The lowest BCUT2D eigenvalue weighted by Gasteiger charge is -2.41. The van der Waals surface area contributed by atoms with Crippen molar-refractivity contribution >= 4 is 51.6 Å². The maximum absolute atomic E-state index is 14.4. The number of aromatic nitrogens is 3. The smallest absolute Gasteiger partial charge is 0.346 e. The van der Waals surface area contributed by atoms with Crippen LogP contribution in [0.15, 0.2) is 29.2 Å². The summed E-state index contributed by atoms with van der Waals surface area (Å²) in [7, 11) is 1.62. The molecule has 12 heteroatoms. The fraction of sp³-hybridized carbons (Fsp3) is 0.481. The largest absolute Gasteiger partial charge is 0.460 e. The third kappa shape index (κ3) is 4.46. The minimum Gasteiger partial charge on any atom is -0.460 e. The van der Waals surface area contributed by atoms with E-state index < -0.39 is 29.3 Å². The Kier molecular flexibility index (Phi) is 6.16. The Hall–Kier alpha value is -3.47. The van der Waals surface area contributed by atoms with E-state index in [-0.39, 0.29) is 36.3 Å². The second-order valence-electron chi connectivity index (χ2n) is 10.9. The Morgan fingerprint density at radius 2 is 1.90 bits per heavy atom. The van der Waals surface area contributed by atoms with Crippen LogP contribution in [0.2, 0.25) is 5.02 Å². The Labute approximate surface area is 228 Å². The number of anilines is 4. The van der Waals surface area contributed by atoms with Gasteiger partial charge in [0.2, 0.25) is 5.95 Å². The molecular formula is C27H29ClF2N6O3. The highest BCUT2D eigenvalue weighted by Crippen LogP contribution is 2.40. The summed E-state index contributed by atoms with van der Waals surface area (Å²) in [6.45, 7) is 3.51. The van der Waals surface area contributed by atoms with Gasteiger partial charge in [-0.15, -0.1) is 0 Å². The number of halogens is 3. The zero-order valence-corrected chi connectivity index (χ0v) is 22.6. The quantitative estimate of drug-likeness (QED) is 0.440. The zero-order valence-electron chi connectivity index (χ0n) is 21.8. The molecule has 2 unspecified atom stereocenters. The summed E-state index contributed by atoms with van der Waals surface area (Å²) in [6, 6.07) is 5.33. The van der Waals surface area contributed by atoms with Crippen molar-refractivity contribution in [2.75, 3.05) is 35.2 Å². The number of fused-ring (bicyclic) bond motifs is 3. The number of carbonyl (C=O) groups excluding carboxylic acids is 1. The minimum absolute atomic E-state index is 0.0159. The molecule has 2 N–H and O–H groups in total. The molecule has 0 amide bonds. The van der Waals surface area contributed by atoms with Crippen molar-refractivity contribution in [2.24, 2.45) is 24.8 Å². The highest BCUT2D eigenvalue weighted by molar-refractivity contribution is 6.33. The maximum atomic E-state index is 14.4. The maximum Gasteiger partial charge on any atom is 0.346 e. The number of piperidine rings is 1. The summed E-state index contributed by atoms with van der Waals surface area (Å²) in [5, 5.41) is 7.57. The number of hydrogen-bond acceptors (Lipinski definition) is 8. The molecule has 4 heterocycles. The third-order valence-corrected chi connectivity index (χ3v) is 8.37. The second-order valence-corrected chi connectivity index (χ2v) is 11.3. The molecular weight excluding hydrogens is 530 g/mol.